The molecule has 0 unspecified atom stereocenters. The SMILES string of the molecule is Brc1ccc(-c2nc3c(s2)CCc2sccc2-3)cc1. The Morgan fingerprint density at radius 3 is 2.63 bits per heavy atom. The summed E-state index contributed by atoms with van der Waals surface area (Å²) in [5.74, 6) is 0. The molecule has 2 aromatic heterocycles. The summed E-state index contributed by atoms with van der Waals surface area (Å²) < 4.78 is 1.11. The molecule has 2 heterocycles. The first-order valence-electron chi connectivity index (χ1n) is 6.13. The van der Waals surface area contributed by atoms with Crippen LogP contribution in [0.15, 0.2) is 40.2 Å². The Morgan fingerprint density at radius 2 is 1.79 bits per heavy atom. The number of halogens is 1. The Hall–Kier alpha value is -0.970. The molecule has 0 bridgehead atoms. The largest absolute Gasteiger partial charge is 0.236 e. The van der Waals surface area contributed by atoms with E-state index in [0.29, 0.717) is 0 Å². The summed E-state index contributed by atoms with van der Waals surface area (Å²) in [7, 11) is 0. The Labute approximate surface area is 128 Å². The second-order valence-electron chi connectivity index (χ2n) is 4.56. The minimum Gasteiger partial charge on any atom is -0.236 e. The smallest absolute Gasteiger partial charge is 0.124 e. The molecule has 4 rings (SSSR count). The molecule has 0 spiro atoms. The highest BCUT2D eigenvalue weighted by molar-refractivity contribution is 9.10. The number of thiazole rings is 1. The lowest BCUT2D eigenvalue weighted by Crippen LogP contribution is -1.97. The normalized spacial score (nSPS) is 13.1. The van der Waals surface area contributed by atoms with Gasteiger partial charge < -0.3 is 0 Å². The molecular weight excluding hydrogens is 338 g/mol. The third-order valence-electron chi connectivity index (χ3n) is 3.37. The number of aryl methyl sites for hydroxylation is 2. The fourth-order valence-corrected chi connectivity index (χ4v) is 4.64. The van der Waals surface area contributed by atoms with Gasteiger partial charge in [-0.3, -0.25) is 0 Å². The predicted octanol–water partition coefficient (Wildman–Crippen LogP) is 5.40. The molecular formula is C15H10BrNS2. The van der Waals surface area contributed by atoms with Crippen molar-refractivity contribution in [2.24, 2.45) is 0 Å². The van der Waals surface area contributed by atoms with Gasteiger partial charge in [0.2, 0.25) is 0 Å². The van der Waals surface area contributed by atoms with Crippen LogP contribution < -0.4 is 0 Å². The summed E-state index contributed by atoms with van der Waals surface area (Å²) in [6.45, 7) is 0. The topological polar surface area (TPSA) is 12.9 Å². The molecule has 0 fully saturated rings. The highest BCUT2D eigenvalue weighted by atomic mass is 79.9. The zero-order valence-electron chi connectivity index (χ0n) is 10.0. The van der Waals surface area contributed by atoms with Crippen LogP contribution in [0.1, 0.15) is 9.75 Å². The standard InChI is InChI=1S/C15H10BrNS2/c16-10-3-1-9(2-4-10)15-17-14-11-7-8-18-12(11)5-6-13(14)19-15/h1-4,7-8H,5-6H2. The minimum absolute atomic E-state index is 1.11. The van der Waals surface area contributed by atoms with Crippen LogP contribution >= 0.6 is 38.6 Å². The first-order chi connectivity index (χ1) is 9.31. The van der Waals surface area contributed by atoms with E-state index in [4.69, 9.17) is 4.98 Å². The van der Waals surface area contributed by atoms with Crippen LogP contribution in [0.4, 0.5) is 0 Å². The van der Waals surface area contributed by atoms with E-state index in [-0.39, 0.29) is 0 Å². The molecule has 0 amide bonds. The molecule has 94 valence electrons. The van der Waals surface area contributed by atoms with Gasteiger partial charge in [-0.1, -0.05) is 28.1 Å². The van der Waals surface area contributed by atoms with Gasteiger partial charge in [0.15, 0.2) is 0 Å². The van der Waals surface area contributed by atoms with Crippen molar-refractivity contribution < 1.29 is 0 Å². The molecule has 19 heavy (non-hydrogen) atoms. The Kier molecular flexibility index (Phi) is 2.83. The van der Waals surface area contributed by atoms with Crippen molar-refractivity contribution in [1.82, 2.24) is 4.98 Å². The lowest BCUT2D eigenvalue weighted by molar-refractivity contribution is 0.979. The first kappa shape index (κ1) is 11.8. The minimum atomic E-state index is 1.11. The van der Waals surface area contributed by atoms with Crippen LogP contribution in [0.3, 0.4) is 0 Å². The summed E-state index contributed by atoms with van der Waals surface area (Å²) in [5.41, 5.74) is 3.77. The van der Waals surface area contributed by atoms with Crippen LogP contribution in [0.5, 0.6) is 0 Å². The second-order valence-corrected chi connectivity index (χ2v) is 7.56. The maximum Gasteiger partial charge on any atom is 0.124 e. The van der Waals surface area contributed by atoms with E-state index in [9.17, 15) is 0 Å². The molecule has 0 N–H and O–H groups in total. The average Bonchev–Trinajstić information content (AvgIpc) is 3.04. The highest BCUT2D eigenvalue weighted by Gasteiger charge is 2.21. The molecule has 0 saturated heterocycles. The molecule has 1 aromatic carbocycles. The quantitative estimate of drug-likeness (QED) is 0.574. The lowest BCUT2D eigenvalue weighted by Gasteiger charge is -2.09. The molecule has 1 aliphatic carbocycles. The number of fused-ring (bicyclic) bond motifs is 3. The van der Waals surface area contributed by atoms with Gasteiger partial charge in [0.1, 0.15) is 5.01 Å². The number of thiophene rings is 1. The van der Waals surface area contributed by atoms with E-state index in [1.165, 1.54) is 33.0 Å². The first-order valence-corrected chi connectivity index (χ1v) is 8.62. The molecule has 0 atom stereocenters. The third kappa shape index (κ3) is 1.98. The third-order valence-corrected chi connectivity index (χ3v) is 6.04. The Bertz CT molecular complexity index is 740. The Balaban J connectivity index is 1.84. The van der Waals surface area contributed by atoms with Gasteiger partial charge >= 0.3 is 0 Å². The van der Waals surface area contributed by atoms with E-state index >= 15 is 0 Å². The van der Waals surface area contributed by atoms with Gasteiger partial charge in [0.25, 0.3) is 0 Å². The van der Waals surface area contributed by atoms with Gasteiger partial charge in [-0.05, 0) is 36.4 Å². The van der Waals surface area contributed by atoms with Gasteiger partial charge in [-0.25, -0.2) is 4.98 Å². The van der Waals surface area contributed by atoms with E-state index in [1.807, 2.05) is 22.7 Å². The summed E-state index contributed by atoms with van der Waals surface area (Å²) >= 11 is 7.17. The van der Waals surface area contributed by atoms with E-state index in [1.54, 1.807) is 0 Å². The maximum absolute atomic E-state index is 4.87. The zero-order chi connectivity index (χ0) is 12.8. The number of rotatable bonds is 1. The van der Waals surface area contributed by atoms with E-state index in [2.05, 4.69) is 51.6 Å². The summed E-state index contributed by atoms with van der Waals surface area (Å²) in [4.78, 5) is 7.79. The van der Waals surface area contributed by atoms with Crippen LogP contribution in [0.25, 0.3) is 21.8 Å². The highest BCUT2D eigenvalue weighted by Crippen LogP contribution is 2.41. The molecule has 1 nitrogen and oxygen atoms in total. The average molecular weight is 348 g/mol. The zero-order valence-corrected chi connectivity index (χ0v) is 13.2. The van der Waals surface area contributed by atoms with Crippen molar-refractivity contribution in [3.05, 3.63) is 49.9 Å². The summed E-state index contributed by atoms with van der Waals surface area (Å²) in [6.07, 6.45) is 2.30. The molecule has 1 aliphatic rings. The fraction of sp³-hybridized carbons (Fsp3) is 0.133. The fourth-order valence-electron chi connectivity index (χ4n) is 2.42. The van der Waals surface area contributed by atoms with Crippen LogP contribution in [0, 0.1) is 0 Å². The number of hydrogen-bond donors (Lipinski definition) is 0. The lowest BCUT2D eigenvalue weighted by atomic mass is 10.0. The number of nitrogens with zero attached hydrogens (tertiary/aromatic N) is 1. The maximum atomic E-state index is 4.87. The summed E-state index contributed by atoms with van der Waals surface area (Å²) in [6, 6.07) is 10.6. The number of benzene rings is 1. The van der Waals surface area contributed by atoms with E-state index < -0.39 is 0 Å². The van der Waals surface area contributed by atoms with E-state index in [0.717, 1.165) is 15.9 Å². The number of aromatic nitrogens is 1. The molecule has 4 heteroatoms. The van der Waals surface area contributed by atoms with Gasteiger partial charge in [0, 0.05) is 25.4 Å². The van der Waals surface area contributed by atoms with Gasteiger partial charge in [-0.15, -0.1) is 22.7 Å². The van der Waals surface area contributed by atoms with Crippen LogP contribution in [0.2, 0.25) is 0 Å². The van der Waals surface area contributed by atoms with Crippen molar-refractivity contribution in [2.75, 3.05) is 0 Å². The van der Waals surface area contributed by atoms with Crippen LogP contribution in [-0.4, -0.2) is 4.98 Å². The van der Waals surface area contributed by atoms with Crippen LogP contribution in [-0.2, 0) is 12.8 Å². The summed E-state index contributed by atoms with van der Waals surface area (Å²) in [5, 5.41) is 3.31. The molecule has 3 aromatic rings. The van der Waals surface area contributed by atoms with Crippen molar-refractivity contribution in [1.29, 1.82) is 0 Å². The molecule has 0 aliphatic heterocycles. The monoisotopic (exact) mass is 347 g/mol. The molecule has 0 radical (unpaired) electrons. The van der Waals surface area contributed by atoms with Gasteiger partial charge in [0.05, 0.1) is 5.69 Å². The number of hydrogen-bond acceptors (Lipinski definition) is 3. The molecule has 0 saturated carbocycles. The van der Waals surface area contributed by atoms with Crippen molar-refractivity contribution in [3.63, 3.8) is 0 Å². The predicted molar refractivity (Wildman–Crippen MR) is 86.0 cm³/mol. The van der Waals surface area contributed by atoms with Crippen molar-refractivity contribution in [2.45, 2.75) is 12.8 Å². The van der Waals surface area contributed by atoms with Gasteiger partial charge in [-0.2, -0.15) is 0 Å². The van der Waals surface area contributed by atoms with Crippen molar-refractivity contribution in [3.8, 4) is 21.8 Å². The Morgan fingerprint density at radius 1 is 1.00 bits per heavy atom. The second kappa shape index (κ2) is 4.54. The van der Waals surface area contributed by atoms with Crippen molar-refractivity contribution >= 4 is 38.6 Å².